The molecule has 0 atom stereocenters. The van der Waals surface area contributed by atoms with Gasteiger partial charge in [-0.2, -0.15) is 0 Å². The molecule has 1 heterocycles. The highest BCUT2D eigenvalue weighted by Gasteiger charge is 2.06. The Hall–Kier alpha value is -2.61. The van der Waals surface area contributed by atoms with E-state index in [9.17, 15) is 0 Å². The predicted octanol–water partition coefficient (Wildman–Crippen LogP) is 4.69. The van der Waals surface area contributed by atoms with Gasteiger partial charge in [0.1, 0.15) is 5.82 Å². The smallest absolute Gasteiger partial charge is 0.138 e. The van der Waals surface area contributed by atoms with Gasteiger partial charge in [0, 0.05) is 5.56 Å². The third-order valence-electron chi connectivity index (χ3n) is 3.67. The molecule has 0 fully saturated rings. The number of imidazole rings is 1. The van der Waals surface area contributed by atoms with E-state index in [0.29, 0.717) is 0 Å². The molecule has 1 aromatic heterocycles. The number of hydrogen-bond donors (Lipinski definition) is 1. The lowest BCUT2D eigenvalue weighted by molar-refractivity contribution is 1.33. The van der Waals surface area contributed by atoms with E-state index in [1.807, 2.05) is 0 Å². The number of nitrogens with zero attached hydrogens (tertiary/aromatic N) is 1. The molecule has 0 amide bonds. The summed E-state index contributed by atoms with van der Waals surface area (Å²) in [6, 6.07) is 21.1. The first-order valence-corrected chi connectivity index (χ1v) is 6.75. The van der Waals surface area contributed by atoms with E-state index in [0.717, 1.165) is 22.4 Å². The number of rotatable bonds is 1. The first kappa shape index (κ1) is 11.2. The van der Waals surface area contributed by atoms with Gasteiger partial charge < -0.3 is 4.98 Å². The van der Waals surface area contributed by atoms with Crippen molar-refractivity contribution in [1.29, 1.82) is 0 Å². The van der Waals surface area contributed by atoms with Crippen LogP contribution >= 0.6 is 0 Å². The fourth-order valence-corrected chi connectivity index (χ4v) is 2.55. The van der Waals surface area contributed by atoms with Crippen LogP contribution in [0.2, 0.25) is 0 Å². The summed E-state index contributed by atoms with van der Waals surface area (Å²) in [6.07, 6.45) is 0. The summed E-state index contributed by atoms with van der Waals surface area (Å²) in [6.45, 7) is 2.09. The van der Waals surface area contributed by atoms with Gasteiger partial charge >= 0.3 is 0 Å². The van der Waals surface area contributed by atoms with Crippen molar-refractivity contribution in [2.45, 2.75) is 6.92 Å². The van der Waals surface area contributed by atoms with Crippen LogP contribution in [0.25, 0.3) is 33.2 Å². The summed E-state index contributed by atoms with van der Waals surface area (Å²) in [5.41, 5.74) is 4.48. The maximum atomic E-state index is 4.71. The predicted molar refractivity (Wildman–Crippen MR) is 83.8 cm³/mol. The molecule has 3 aromatic carbocycles. The van der Waals surface area contributed by atoms with Gasteiger partial charge in [-0.25, -0.2) is 4.98 Å². The highest BCUT2D eigenvalue weighted by Crippen LogP contribution is 2.25. The van der Waals surface area contributed by atoms with Crippen molar-refractivity contribution in [3.05, 3.63) is 66.2 Å². The van der Waals surface area contributed by atoms with Crippen molar-refractivity contribution in [2.75, 3.05) is 0 Å². The SMILES string of the molecule is Cc1ccc(-c2nc3cc4ccccc4cc3[nH]2)cc1. The molecule has 4 rings (SSSR count). The average molecular weight is 258 g/mol. The van der Waals surface area contributed by atoms with E-state index in [1.54, 1.807) is 0 Å². The van der Waals surface area contributed by atoms with E-state index in [2.05, 4.69) is 72.6 Å². The Morgan fingerprint density at radius 2 is 1.55 bits per heavy atom. The summed E-state index contributed by atoms with van der Waals surface area (Å²) < 4.78 is 0. The fourth-order valence-electron chi connectivity index (χ4n) is 2.55. The summed E-state index contributed by atoms with van der Waals surface area (Å²) >= 11 is 0. The Kier molecular flexibility index (Phi) is 2.36. The quantitative estimate of drug-likeness (QED) is 0.527. The molecular weight excluding hydrogens is 244 g/mol. The van der Waals surface area contributed by atoms with E-state index in [1.165, 1.54) is 16.3 Å². The highest BCUT2D eigenvalue weighted by molar-refractivity contribution is 5.96. The molecule has 0 radical (unpaired) electrons. The van der Waals surface area contributed by atoms with E-state index in [4.69, 9.17) is 4.98 Å². The van der Waals surface area contributed by atoms with Gasteiger partial charge in [-0.1, -0.05) is 54.1 Å². The molecule has 0 aliphatic carbocycles. The summed E-state index contributed by atoms with van der Waals surface area (Å²) in [7, 11) is 0. The van der Waals surface area contributed by atoms with Crippen molar-refractivity contribution >= 4 is 21.8 Å². The molecule has 0 saturated heterocycles. The standard InChI is InChI=1S/C18H14N2/c1-12-6-8-13(9-7-12)18-19-16-10-14-4-2-3-5-15(14)11-17(16)20-18/h2-11H,1H3,(H,19,20). The monoisotopic (exact) mass is 258 g/mol. The molecular formula is C18H14N2. The van der Waals surface area contributed by atoms with Crippen LogP contribution < -0.4 is 0 Å². The zero-order valence-corrected chi connectivity index (χ0v) is 11.2. The Morgan fingerprint density at radius 3 is 2.30 bits per heavy atom. The lowest BCUT2D eigenvalue weighted by Gasteiger charge is -1.96. The second kappa shape index (κ2) is 4.20. The van der Waals surface area contributed by atoms with Crippen LogP contribution in [0.4, 0.5) is 0 Å². The minimum absolute atomic E-state index is 0.926. The van der Waals surface area contributed by atoms with Crippen LogP contribution in [0.15, 0.2) is 60.7 Å². The van der Waals surface area contributed by atoms with Gasteiger partial charge in [-0.15, -0.1) is 0 Å². The number of benzene rings is 3. The molecule has 0 spiro atoms. The van der Waals surface area contributed by atoms with Crippen molar-refractivity contribution in [3.8, 4) is 11.4 Å². The Bertz CT molecular complexity index is 849. The lowest BCUT2D eigenvalue weighted by atomic mass is 10.1. The maximum absolute atomic E-state index is 4.71. The van der Waals surface area contributed by atoms with Crippen LogP contribution in [0.1, 0.15) is 5.56 Å². The second-order valence-corrected chi connectivity index (χ2v) is 5.17. The van der Waals surface area contributed by atoms with Gasteiger partial charge in [0.05, 0.1) is 11.0 Å². The number of hydrogen-bond acceptors (Lipinski definition) is 1. The van der Waals surface area contributed by atoms with Crippen LogP contribution in [-0.2, 0) is 0 Å². The zero-order chi connectivity index (χ0) is 13.5. The number of H-pyrrole nitrogens is 1. The molecule has 0 saturated carbocycles. The number of nitrogens with one attached hydrogen (secondary N) is 1. The molecule has 0 unspecified atom stereocenters. The second-order valence-electron chi connectivity index (χ2n) is 5.17. The normalized spacial score (nSPS) is 11.2. The summed E-state index contributed by atoms with van der Waals surface area (Å²) in [5.74, 6) is 0.926. The number of aromatic amines is 1. The largest absolute Gasteiger partial charge is 0.338 e. The first-order valence-electron chi connectivity index (χ1n) is 6.75. The molecule has 4 aromatic rings. The number of aryl methyl sites for hydroxylation is 1. The molecule has 96 valence electrons. The molecule has 0 bridgehead atoms. The van der Waals surface area contributed by atoms with Crippen LogP contribution in [-0.4, -0.2) is 9.97 Å². The summed E-state index contributed by atoms with van der Waals surface area (Å²) in [5, 5.41) is 2.46. The molecule has 2 heteroatoms. The highest BCUT2D eigenvalue weighted by atomic mass is 14.9. The van der Waals surface area contributed by atoms with Crippen molar-refractivity contribution in [2.24, 2.45) is 0 Å². The van der Waals surface area contributed by atoms with Gasteiger partial charge in [-0.05, 0) is 29.8 Å². The van der Waals surface area contributed by atoms with Crippen molar-refractivity contribution in [1.82, 2.24) is 9.97 Å². The Balaban J connectivity index is 1.93. The lowest BCUT2D eigenvalue weighted by Crippen LogP contribution is -1.80. The van der Waals surface area contributed by atoms with E-state index < -0.39 is 0 Å². The van der Waals surface area contributed by atoms with Crippen LogP contribution in [0, 0.1) is 6.92 Å². The molecule has 0 aliphatic rings. The van der Waals surface area contributed by atoms with Gasteiger partial charge in [0.25, 0.3) is 0 Å². The van der Waals surface area contributed by atoms with Crippen molar-refractivity contribution < 1.29 is 0 Å². The Labute approximate surface area is 117 Å². The molecule has 1 N–H and O–H groups in total. The third-order valence-corrected chi connectivity index (χ3v) is 3.67. The van der Waals surface area contributed by atoms with Crippen LogP contribution in [0.3, 0.4) is 0 Å². The van der Waals surface area contributed by atoms with Gasteiger partial charge in [0.15, 0.2) is 0 Å². The average Bonchev–Trinajstić information content (AvgIpc) is 2.88. The van der Waals surface area contributed by atoms with Crippen LogP contribution in [0.5, 0.6) is 0 Å². The number of fused-ring (bicyclic) bond motifs is 2. The van der Waals surface area contributed by atoms with Gasteiger partial charge in [0.2, 0.25) is 0 Å². The molecule has 2 nitrogen and oxygen atoms in total. The molecule has 0 aliphatic heterocycles. The first-order chi connectivity index (χ1) is 9.79. The Morgan fingerprint density at radius 1 is 0.850 bits per heavy atom. The zero-order valence-electron chi connectivity index (χ0n) is 11.2. The van der Waals surface area contributed by atoms with Crippen molar-refractivity contribution in [3.63, 3.8) is 0 Å². The molecule has 20 heavy (non-hydrogen) atoms. The maximum Gasteiger partial charge on any atom is 0.138 e. The number of aromatic nitrogens is 2. The van der Waals surface area contributed by atoms with Gasteiger partial charge in [-0.3, -0.25) is 0 Å². The minimum atomic E-state index is 0.926. The topological polar surface area (TPSA) is 28.7 Å². The third kappa shape index (κ3) is 1.77. The summed E-state index contributed by atoms with van der Waals surface area (Å²) in [4.78, 5) is 8.12. The van der Waals surface area contributed by atoms with E-state index in [-0.39, 0.29) is 0 Å². The minimum Gasteiger partial charge on any atom is -0.338 e. The van der Waals surface area contributed by atoms with E-state index >= 15 is 0 Å². The fraction of sp³-hybridized carbons (Fsp3) is 0.0556.